The Balaban J connectivity index is 2.24. The standard InChI is InChI=1S/C11H9ClO3S/c1-14-6-7-2-3-9(15-7)10(13)11-8(12)4-5-16-11/h2-5H,6H2,1H3. The van der Waals surface area contributed by atoms with Crippen molar-refractivity contribution in [3.05, 3.63) is 45.0 Å². The molecule has 0 N–H and O–H groups in total. The van der Waals surface area contributed by atoms with Gasteiger partial charge < -0.3 is 9.15 Å². The Morgan fingerprint density at radius 2 is 2.31 bits per heavy atom. The van der Waals surface area contributed by atoms with Crippen molar-refractivity contribution in [1.82, 2.24) is 0 Å². The summed E-state index contributed by atoms with van der Waals surface area (Å²) in [4.78, 5) is 12.4. The summed E-state index contributed by atoms with van der Waals surface area (Å²) in [7, 11) is 1.57. The summed E-state index contributed by atoms with van der Waals surface area (Å²) >= 11 is 7.18. The predicted octanol–water partition coefficient (Wildman–Crippen LogP) is 3.37. The zero-order valence-electron chi connectivity index (χ0n) is 8.53. The Kier molecular flexibility index (Phi) is 3.43. The lowest BCUT2D eigenvalue weighted by Gasteiger charge is -1.95. The topological polar surface area (TPSA) is 39.4 Å². The van der Waals surface area contributed by atoms with Gasteiger partial charge in [-0.1, -0.05) is 11.6 Å². The fourth-order valence-corrected chi connectivity index (χ4v) is 2.37. The predicted molar refractivity (Wildman–Crippen MR) is 62.2 cm³/mol. The smallest absolute Gasteiger partial charge is 0.239 e. The minimum atomic E-state index is -0.192. The molecule has 0 fully saturated rings. The van der Waals surface area contributed by atoms with Crippen LogP contribution >= 0.6 is 22.9 Å². The van der Waals surface area contributed by atoms with E-state index in [0.717, 1.165) is 0 Å². The Morgan fingerprint density at radius 3 is 2.94 bits per heavy atom. The molecule has 0 aliphatic rings. The summed E-state index contributed by atoms with van der Waals surface area (Å²) in [5.41, 5.74) is 0. The highest BCUT2D eigenvalue weighted by atomic mass is 35.5. The molecule has 0 radical (unpaired) electrons. The van der Waals surface area contributed by atoms with E-state index in [9.17, 15) is 4.79 Å². The average Bonchev–Trinajstić information content (AvgIpc) is 2.87. The second kappa shape index (κ2) is 4.82. The lowest BCUT2D eigenvalue weighted by Crippen LogP contribution is -1.96. The van der Waals surface area contributed by atoms with Gasteiger partial charge in [-0.05, 0) is 23.6 Å². The molecule has 2 rings (SSSR count). The lowest BCUT2D eigenvalue weighted by atomic mass is 10.2. The summed E-state index contributed by atoms with van der Waals surface area (Å²) < 4.78 is 10.2. The highest BCUT2D eigenvalue weighted by Gasteiger charge is 2.17. The molecule has 0 aromatic carbocycles. The van der Waals surface area contributed by atoms with Crippen molar-refractivity contribution in [3.63, 3.8) is 0 Å². The normalized spacial score (nSPS) is 10.6. The number of hydrogen-bond acceptors (Lipinski definition) is 4. The van der Waals surface area contributed by atoms with Crippen molar-refractivity contribution in [2.24, 2.45) is 0 Å². The van der Waals surface area contributed by atoms with Crippen molar-refractivity contribution in [2.75, 3.05) is 7.11 Å². The Bertz CT molecular complexity index is 501. The Morgan fingerprint density at radius 1 is 1.50 bits per heavy atom. The lowest BCUT2D eigenvalue weighted by molar-refractivity contribution is 0.100. The van der Waals surface area contributed by atoms with Crippen LogP contribution < -0.4 is 0 Å². The van der Waals surface area contributed by atoms with Crippen molar-refractivity contribution in [2.45, 2.75) is 6.61 Å². The molecule has 5 heteroatoms. The molecule has 2 aromatic heterocycles. The summed E-state index contributed by atoms with van der Waals surface area (Å²) in [6.45, 7) is 0.353. The molecule has 0 spiro atoms. The Hall–Kier alpha value is -1.10. The molecule has 2 heterocycles. The van der Waals surface area contributed by atoms with Crippen LogP contribution in [0.1, 0.15) is 21.2 Å². The van der Waals surface area contributed by atoms with Gasteiger partial charge in [0.05, 0.1) is 9.90 Å². The van der Waals surface area contributed by atoms with E-state index >= 15 is 0 Å². The molecule has 16 heavy (non-hydrogen) atoms. The maximum absolute atomic E-state index is 11.9. The summed E-state index contributed by atoms with van der Waals surface area (Å²) in [5.74, 6) is 0.720. The molecule has 3 nitrogen and oxygen atoms in total. The van der Waals surface area contributed by atoms with Crippen LogP contribution in [0.5, 0.6) is 0 Å². The molecular formula is C11H9ClO3S. The number of furan rings is 1. The summed E-state index contributed by atoms with van der Waals surface area (Å²) in [5, 5.41) is 2.23. The maximum Gasteiger partial charge on any atom is 0.239 e. The molecule has 0 atom stereocenters. The molecule has 84 valence electrons. The first-order chi connectivity index (χ1) is 7.72. The molecule has 0 bridgehead atoms. The molecule has 2 aromatic rings. The van der Waals surface area contributed by atoms with Gasteiger partial charge in [-0.15, -0.1) is 11.3 Å². The van der Waals surface area contributed by atoms with E-state index in [1.807, 2.05) is 0 Å². The SMILES string of the molecule is COCc1ccc(C(=O)c2sccc2Cl)o1. The largest absolute Gasteiger partial charge is 0.455 e. The quantitative estimate of drug-likeness (QED) is 0.788. The number of ether oxygens (including phenoxy) is 1. The van der Waals surface area contributed by atoms with Crippen LogP contribution in [-0.4, -0.2) is 12.9 Å². The third kappa shape index (κ3) is 2.19. The second-order valence-corrected chi connectivity index (χ2v) is 4.45. The number of ketones is 1. The molecule has 0 unspecified atom stereocenters. The first-order valence-corrected chi connectivity index (χ1v) is 5.83. The van der Waals surface area contributed by atoms with E-state index in [1.54, 1.807) is 30.7 Å². The third-order valence-electron chi connectivity index (χ3n) is 2.00. The highest BCUT2D eigenvalue weighted by Crippen LogP contribution is 2.25. The summed E-state index contributed by atoms with van der Waals surface area (Å²) in [6.07, 6.45) is 0. The van der Waals surface area contributed by atoms with Gasteiger partial charge in [-0.2, -0.15) is 0 Å². The van der Waals surface area contributed by atoms with Crippen molar-refractivity contribution < 1.29 is 13.9 Å². The number of carbonyl (C=O) groups excluding carboxylic acids is 1. The number of methoxy groups -OCH3 is 1. The number of halogens is 1. The molecule has 0 amide bonds. The molecule has 0 saturated carbocycles. The van der Waals surface area contributed by atoms with Gasteiger partial charge in [0.1, 0.15) is 12.4 Å². The van der Waals surface area contributed by atoms with Gasteiger partial charge in [0.2, 0.25) is 5.78 Å². The van der Waals surface area contributed by atoms with Crippen molar-refractivity contribution >= 4 is 28.7 Å². The zero-order valence-corrected chi connectivity index (χ0v) is 10.1. The van der Waals surface area contributed by atoms with E-state index in [1.165, 1.54) is 11.3 Å². The first-order valence-electron chi connectivity index (χ1n) is 4.57. The van der Waals surface area contributed by atoms with Gasteiger partial charge in [-0.25, -0.2) is 0 Å². The minimum Gasteiger partial charge on any atom is -0.455 e. The fourth-order valence-electron chi connectivity index (χ4n) is 1.29. The molecule has 0 saturated heterocycles. The van der Waals surface area contributed by atoms with Crippen LogP contribution in [0.2, 0.25) is 5.02 Å². The highest BCUT2D eigenvalue weighted by molar-refractivity contribution is 7.13. The van der Waals surface area contributed by atoms with Crippen LogP contribution in [0.25, 0.3) is 0 Å². The monoisotopic (exact) mass is 256 g/mol. The van der Waals surface area contributed by atoms with Gasteiger partial charge in [-0.3, -0.25) is 4.79 Å². The fraction of sp³-hybridized carbons (Fsp3) is 0.182. The van der Waals surface area contributed by atoms with Gasteiger partial charge in [0, 0.05) is 7.11 Å². The number of thiophene rings is 1. The van der Waals surface area contributed by atoms with Gasteiger partial charge >= 0.3 is 0 Å². The molecule has 0 aliphatic heterocycles. The van der Waals surface area contributed by atoms with E-state index in [0.29, 0.717) is 22.3 Å². The van der Waals surface area contributed by atoms with Crippen LogP contribution in [0.4, 0.5) is 0 Å². The van der Waals surface area contributed by atoms with Gasteiger partial charge in [0.25, 0.3) is 0 Å². The van der Waals surface area contributed by atoms with E-state index in [-0.39, 0.29) is 11.5 Å². The van der Waals surface area contributed by atoms with Gasteiger partial charge in [0.15, 0.2) is 5.76 Å². The number of carbonyl (C=O) groups is 1. The van der Waals surface area contributed by atoms with Crippen molar-refractivity contribution in [3.8, 4) is 0 Å². The van der Waals surface area contributed by atoms with E-state index in [4.69, 9.17) is 20.8 Å². The van der Waals surface area contributed by atoms with Crippen molar-refractivity contribution in [1.29, 1.82) is 0 Å². The van der Waals surface area contributed by atoms with Crippen LogP contribution in [0, 0.1) is 0 Å². The second-order valence-electron chi connectivity index (χ2n) is 3.13. The first kappa shape index (κ1) is 11.4. The number of rotatable bonds is 4. The Labute approximate surface area is 102 Å². The molecule has 0 aliphatic carbocycles. The minimum absolute atomic E-state index is 0.192. The third-order valence-corrected chi connectivity index (χ3v) is 3.34. The summed E-state index contributed by atoms with van der Waals surface area (Å²) in [6, 6.07) is 5.05. The van der Waals surface area contributed by atoms with E-state index < -0.39 is 0 Å². The zero-order chi connectivity index (χ0) is 11.5. The number of hydrogen-bond donors (Lipinski definition) is 0. The van der Waals surface area contributed by atoms with Crippen LogP contribution in [0.3, 0.4) is 0 Å². The average molecular weight is 257 g/mol. The maximum atomic E-state index is 11.9. The van der Waals surface area contributed by atoms with Crippen LogP contribution in [0.15, 0.2) is 28.0 Å². The van der Waals surface area contributed by atoms with Crippen LogP contribution in [-0.2, 0) is 11.3 Å². The van der Waals surface area contributed by atoms with E-state index in [2.05, 4.69) is 0 Å². The molecular weight excluding hydrogens is 248 g/mol.